The molecule has 1 unspecified atom stereocenters. The second-order valence-corrected chi connectivity index (χ2v) is 14.9. The van der Waals surface area contributed by atoms with Crippen molar-refractivity contribution < 1.29 is 19.0 Å². The highest BCUT2D eigenvalue weighted by Gasteiger charge is 2.28. The molecule has 3 rings (SSSR count). The molecule has 4 nitrogen and oxygen atoms in total. The fourth-order valence-electron chi connectivity index (χ4n) is 7.45. The van der Waals surface area contributed by atoms with E-state index < -0.39 is 0 Å². The molecule has 0 N–H and O–H groups in total. The van der Waals surface area contributed by atoms with Gasteiger partial charge in [-0.15, -0.1) is 6.58 Å². The van der Waals surface area contributed by atoms with E-state index in [0.29, 0.717) is 5.78 Å². The number of allylic oxidation sites excluding steroid dienone is 3. The zero-order valence-electron chi connectivity index (χ0n) is 32.1. The van der Waals surface area contributed by atoms with Crippen molar-refractivity contribution in [1.82, 2.24) is 0 Å². The standard InChI is InChI=1S/C16H28O.C14H28O2.C13H24O/c1-14(2)13-15-11-9-7-5-3-4-6-8-10-12-16(15)17;1-15-14(16-2)12-10-8-6-4-3-5-7-9-11-13-14;1-14-13-11-9-7-5-3-2-4-6-8-10-12-13/h15H,1,3-13H2,2H3;3-13H2,1-2H3;11H,2-10,12H2,1H3/b;;13-11+. The van der Waals surface area contributed by atoms with E-state index in [2.05, 4.69) is 12.7 Å². The number of methoxy groups -OCH3 is 3. The Morgan fingerprint density at radius 2 is 1.02 bits per heavy atom. The third-order valence-electron chi connectivity index (χ3n) is 10.6. The lowest BCUT2D eigenvalue weighted by molar-refractivity contribution is -0.216. The zero-order chi connectivity index (χ0) is 34.3. The number of carbonyl (C=O) groups is 1. The first-order valence-electron chi connectivity index (χ1n) is 20.5. The van der Waals surface area contributed by atoms with Crippen LogP contribution in [0.25, 0.3) is 0 Å². The van der Waals surface area contributed by atoms with Crippen molar-refractivity contribution in [3.8, 4) is 0 Å². The zero-order valence-corrected chi connectivity index (χ0v) is 32.1. The third kappa shape index (κ3) is 24.6. The maximum atomic E-state index is 12.1. The first kappa shape index (κ1) is 43.9. The predicted molar refractivity (Wildman–Crippen MR) is 203 cm³/mol. The number of Topliss-reactive ketones (excluding diaryl/α,β-unsaturated/α-hetero) is 1. The molecule has 0 saturated heterocycles. The summed E-state index contributed by atoms with van der Waals surface area (Å²) in [5.41, 5.74) is 1.16. The van der Waals surface area contributed by atoms with Gasteiger partial charge < -0.3 is 14.2 Å². The fraction of sp³-hybridized carbons (Fsp3) is 0.884. The summed E-state index contributed by atoms with van der Waals surface area (Å²) in [6, 6.07) is 0. The Balaban J connectivity index is 0.000000354. The highest BCUT2D eigenvalue weighted by molar-refractivity contribution is 5.81. The molecule has 0 aliphatic heterocycles. The minimum atomic E-state index is -0.292. The molecule has 3 aliphatic rings. The molecule has 3 aliphatic carbocycles. The maximum absolute atomic E-state index is 12.1. The molecular formula is C43H80O4. The molecule has 276 valence electrons. The van der Waals surface area contributed by atoms with Crippen molar-refractivity contribution in [2.75, 3.05) is 21.3 Å². The van der Waals surface area contributed by atoms with Gasteiger partial charge in [-0.2, -0.15) is 0 Å². The molecule has 1 atom stereocenters. The lowest BCUT2D eigenvalue weighted by Crippen LogP contribution is -2.33. The van der Waals surface area contributed by atoms with Gasteiger partial charge in [-0.25, -0.2) is 0 Å². The van der Waals surface area contributed by atoms with E-state index in [4.69, 9.17) is 14.2 Å². The van der Waals surface area contributed by atoms with Crippen LogP contribution >= 0.6 is 0 Å². The van der Waals surface area contributed by atoms with Crippen molar-refractivity contribution in [2.45, 2.75) is 218 Å². The fourth-order valence-corrected chi connectivity index (χ4v) is 7.45. The second kappa shape index (κ2) is 30.9. The summed E-state index contributed by atoms with van der Waals surface area (Å²) in [4.78, 5) is 12.1. The van der Waals surface area contributed by atoms with Gasteiger partial charge in [0.2, 0.25) is 0 Å². The Morgan fingerprint density at radius 3 is 1.47 bits per heavy atom. The molecule has 2 saturated carbocycles. The van der Waals surface area contributed by atoms with Crippen LogP contribution in [-0.2, 0) is 19.0 Å². The van der Waals surface area contributed by atoms with Crippen LogP contribution in [0.4, 0.5) is 0 Å². The number of ether oxygens (including phenoxy) is 3. The van der Waals surface area contributed by atoms with Gasteiger partial charge in [-0.05, 0) is 64.4 Å². The number of hydrogen-bond donors (Lipinski definition) is 0. The summed E-state index contributed by atoms with van der Waals surface area (Å²) >= 11 is 0. The quantitative estimate of drug-likeness (QED) is 0.217. The molecule has 0 radical (unpaired) electrons. The normalized spacial score (nSPS) is 24.8. The third-order valence-corrected chi connectivity index (χ3v) is 10.6. The first-order chi connectivity index (χ1) is 23.0. The molecule has 2 fully saturated rings. The van der Waals surface area contributed by atoms with Gasteiger partial charge in [-0.3, -0.25) is 4.79 Å². The number of hydrogen-bond acceptors (Lipinski definition) is 4. The summed E-state index contributed by atoms with van der Waals surface area (Å²) < 4.78 is 16.6. The summed E-state index contributed by atoms with van der Waals surface area (Å²) in [5.74, 6) is 1.69. The van der Waals surface area contributed by atoms with Gasteiger partial charge in [0.25, 0.3) is 0 Å². The van der Waals surface area contributed by atoms with Crippen molar-refractivity contribution in [1.29, 1.82) is 0 Å². The summed E-state index contributed by atoms with van der Waals surface area (Å²) in [6.07, 6.45) is 43.2. The number of carbonyl (C=O) groups excluding carboxylic acids is 1. The van der Waals surface area contributed by atoms with Gasteiger partial charge >= 0.3 is 0 Å². The Labute approximate surface area is 293 Å². The van der Waals surface area contributed by atoms with E-state index in [1.165, 1.54) is 166 Å². The molecule has 0 aromatic carbocycles. The number of rotatable bonds is 5. The van der Waals surface area contributed by atoms with Crippen LogP contribution in [0.5, 0.6) is 0 Å². The maximum Gasteiger partial charge on any atom is 0.167 e. The Hall–Kier alpha value is -1.13. The second-order valence-electron chi connectivity index (χ2n) is 14.9. The van der Waals surface area contributed by atoms with E-state index in [0.717, 1.165) is 50.5 Å². The highest BCUT2D eigenvalue weighted by Crippen LogP contribution is 2.28. The van der Waals surface area contributed by atoms with E-state index in [9.17, 15) is 4.79 Å². The molecular weight excluding hydrogens is 580 g/mol. The molecule has 0 heterocycles. The van der Waals surface area contributed by atoms with Crippen molar-refractivity contribution in [3.05, 3.63) is 24.0 Å². The summed E-state index contributed by atoms with van der Waals surface area (Å²) in [6.45, 7) is 6.01. The Bertz CT molecular complexity index is 754. The van der Waals surface area contributed by atoms with Crippen LogP contribution in [0.1, 0.15) is 212 Å². The average Bonchev–Trinajstić information content (AvgIpc) is 3.05. The molecule has 4 heteroatoms. The predicted octanol–water partition coefficient (Wildman–Crippen LogP) is 13.8. The smallest absolute Gasteiger partial charge is 0.167 e. The van der Waals surface area contributed by atoms with E-state index in [1.807, 2.05) is 6.92 Å². The minimum absolute atomic E-state index is 0.270. The first-order valence-corrected chi connectivity index (χ1v) is 20.5. The summed E-state index contributed by atoms with van der Waals surface area (Å²) in [5, 5.41) is 0. The van der Waals surface area contributed by atoms with Crippen LogP contribution in [0, 0.1) is 5.92 Å². The van der Waals surface area contributed by atoms with E-state index in [1.54, 1.807) is 21.3 Å². The summed E-state index contributed by atoms with van der Waals surface area (Å²) in [7, 11) is 5.38. The Kier molecular flexibility index (Phi) is 28.9. The largest absolute Gasteiger partial charge is 0.501 e. The SMILES string of the molecule is C=C(C)CC1CCCCCCCCCCC1=O.CO/C1=C/CCCCCCCCCC1.COC1(OC)CCCCCCCCCCC1. The molecule has 0 aromatic heterocycles. The van der Waals surface area contributed by atoms with Gasteiger partial charge in [0.15, 0.2) is 5.79 Å². The van der Waals surface area contributed by atoms with E-state index >= 15 is 0 Å². The van der Waals surface area contributed by atoms with Gasteiger partial charge in [0.1, 0.15) is 5.78 Å². The van der Waals surface area contributed by atoms with Crippen LogP contribution in [0.2, 0.25) is 0 Å². The topological polar surface area (TPSA) is 44.8 Å². The van der Waals surface area contributed by atoms with Gasteiger partial charge in [0, 0.05) is 45.8 Å². The van der Waals surface area contributed by atoms with Crippen molar-refractivity contribution in [2.24, 2.45) is 5.92 Å². The highest BCUT2D eigenvalue weighted by atomic mass is 16.7. The lowest BCUT2D eigenvalue weighted by atomic mass is 9.87. The van der Waals surface area contributed by atoms with Gasteiger partial charge in [0.05, 0.1) is 12.9 Å². The molecule has 47 heavy (non-hydrogen) atoms. The minimum Gasteiger partial charge on any atom is -0.501 e. The number of ketones is 1. The van der Waals surface area contributed by atoms with Crippen molar-refractivity contribution in [3.63, 3.8) is 0 Å². The van der Waals surface area contributed by atoms with Gasteiger partial charge in [-0.1, -0.05) is 134 Å². The van der Waals surface area contributed by atoms with Crippen molar-refractivity contribution >= 4 is 5.78 Å². The molecule has 0 spiro atoms. The monoisotopic (exact) mass is 661 g/mol. The van der Waals surface area contributed by atoms with E-state index in [-0.39, 0.29) is 11.7 Å². The Morgan fingerprint density at radius 1 is 0.617 bits per heavy atom. The molecule has 0 bridgehead atoms. The van der Waals surface area contributed by atoms with Crippen LogP contribution in [0.15, 0.2) is 24.0 Å². The lowest BCUT2D eigenvalue weighted by Gasteiger charge is -2.31. The van der Waals surface area contributed by atoms with Crippen LogP contribution in [-0.4, -0.2) is 32.9 Å². The average molecular weight is 661 g/mol. The molecule has 0 aromatic rings. The van der Waals surface area contributed by atoms with Crippen LogP contribution < -0.4 is 0 Å². The van der Waals surface area contributed by atoms with Crippen LogP contribution in [0.3, 0.4) is 0 Å². The molecule has 0 amide bonds.